The van der Waals surface area contributed by atoms with Crippen LogP contribution in [0.15, 0.2) is 0 Å². The fourth-order valence-corrected chi connectivity index (χ4v) is 2.89. The van der Waals surface area contributed by atoms with Crippen LogP contribution in [0.4, 0.5) is 0 Å². The molecule has 1 rings (SSSR count). The van der Waals surface area contributed by atoms with Crippen LogP contribution >= 0.6 is 0 Å². The second kappa shape index (κ2) is 14.2. The molecular formula is C20H44LaN3-3. The molecule has 0 bridgehead atoms. The monoisotopic (exact) mass is 465 g/mol. The first kappa shape index (κ1) is 29.8. The van der Waals surface area contributed by atoms with Crippen molar-refractivity contribution in [1.29, 1.82) is 0 Å². The standard InChI is InChI=1S/C10H22N2.C9H19N.CH3.La/c1-8(11-9(2,3)4)12-10(5,6)7;1-10(2)8-7-9-5-3-4-6-9;;/h8H,1-7H3;9H,3-8H2,1-2H3;1H3;/q-2;;-1;. The third-order valence-electron chi connectivity index (χ3n) is 3.61. The minimum atomic E-state index is 0. The largest absolute Gasteiger partial charge is 0.673 e. The van der Waals surface area contributed by atoms with Gasteiger partial charge in [-0.25, -0.2) is 6.17 Å². The third kappa shape index (κ3) is 21.1. The molecule has 0 aromatic heterocycles. The van der Waals surface area contributed by atoms with Gasteiger partial charge in [0.25, 0.3) is 0 Å². The summed E-state index contributed by atoms with van der Waals surface area (Å²) in [4.78, 5) is 2.29. The van der Waals surface area contributed by atoms with Gasteiger partial charge in [0.15, 0.2) is 0 Å². The summed E-state index contributed by atoms with van der Waals surface area (Å²) in [6.07, 6.45) is 7.48. The van der Waals surface area contributed by atoms with Crippen LogP contribution in [0.25, 0.3) is 10.6 Å². The Balaban J connectivity index is -0.000000342. The topological polar surface area (TPSA) is 31.4 Å². The fourth-order valence-electron chi connectivity index (χ4n) is 2.89. The Hall–Kier alpha value is 1.07. The molecule has 0 unspecified atom stereocenters. The molecule has 0 amide bonds. The molecule has 0 heterocycles. The van der Waals surface area contributed by atoms with Crippen LogP contribution in [0.1, 0.15) is 80.6 Å². The van der Waals surface area contributed by atoms with E-state index in [4.69, 9.17) is 0 Å². The van der Waals surface area contributed by atoms with Crippen molar-refractivity contribution in [3.8, 4) is 0 Å². The van der Waals surface area contributed by atoms with E-state index in [2.05, 4.69) is 71.2 Å². The van der Waals surface area contributed by atoms with Crippen molar-refractivity contribution in [1.82, 2.24) is 4.90 Å². The summed E-state index contributed by atoms with van der Waals surface area (Å²) in [5.41, 5.74) is 0.0440. The summed E-state index contributed by atoms with van der Waals surface area (Å²) in [6.45, 7) is 15.9. The number of nitrogens with zero attached hydrogens (tertiary/aromatic N) is 3. The van der Waals surface area contributed by atoms with Gasteiger partial charge in [-0.1, -0.05) is 67.2 Å². The van der Waals surface area contributed by atoms with Crippen molar-refractivity contribution in [2.24, 2.45) is 5.92 Å². The molecule has 0 aromatic rings. The minimum Gasteiger partial charge on any atom is -0.673 e. The molecule has 145 valence electrons. The molecule has 0 saturated heterocycles. The Morgan fingerprint density at radius 1 is 0.917 bits per heavy atom. The molecule has 3 nitrogen and oxygen atoms in total. The van der Waals surface area contributed by atoms with Crippen LogP contribution in [-0.4, -0.2) is 42.8 Å². The molecule has 0 aromatic carbocycles. The van der Waals surface area contributed by atoms with Crippen LogP contribution in [0.2, 0.25) is 0 Å². The van der Waals surface area contributed by atoms with E-state index in [0.717, 1.165) is 5.92 Å². The summed E-state index contributed by atoms with van der Waals surface area (Å²) in [7, 11) is 4.32. The second-order valence-electron chi connectivity index (χ2n) is 8.97. The fraction of sp³-hybridized carbons (Fsp3) is 0.950. The molecule has 4 heteroatoms. The molecule has 1 fully saturated rings. The Bertz CT molecular complexity index is 258. The van der Waals surface area contributed by atoms with Crippen molar-refractivity contribution in [2.75, 3.05) is 20.6 Å². The molecule has 0 aliphatic heterocycles. The van der Waals surface area contributed by atoms with Gasteiger partial charge < -0.3 is 23.0 Å². The SMILES string of the molecule is CC([N-]C(C)(C)C)[N-]C(C)(C)C.CN(C)CCC1CCCC1.[CH3-].[La]. The Morgan fingerprint density at radius 2 is 1.29 bits per heavy atom. The Labute approximate surface area is 182 Å². The van der Waals surface area contributed by atoms with Crippen molar-refractivity contribution >= 4 is 0 Å². The van der Waals surface area contributed by atoms with Crippen molar-refractivity contribution in [2.45, 2.75) is 97.8 Å². The smallest absolute Gasteiger partial charge is 0 e. The van der Waals surface area contributed by atoms with E-state index in [9.17, 15) is 0 Å². The van der Waals surface area contributed by atoms with E-state index in [-0.39, 0.29) is 60.3 Å². The first-order valence-corrected chi connectivity index (χ1v) is 8.98. The Morgan fingerprint density at radius 3 is 1.58 bits per heavy atom. The normalized spacial score (nSPS) is 15.6. The number of rotatable bonds is 5. The van der Waals surface area contributed by atoms with Gasteiger partial charge in [0.2, 0.25) is 0 Å². The van der Waals surface area contributed by atoms with Gasteiger partial charge in [0, 0.05) is 35.6 Å². The summed E-state index contributed by atoms with van der Waals surface area (Å²) in [5, 5.41) is 9.06. The average Bonchev–Trinajstić information content (AvgIpc) is 2.74. The van der Waals surface area contributed by atoms with Gasteiger partial charge in [-0.15, -0.1) is 18.0 Å². The number of hydrogen-bond donors (Lipinski definition) is 0. The average molecular weight is 465 g/mol. The van der Waals surface area contributed by atoms with Gasteiger partial charge in [-0.3, -0.25) is 0 Å². The number of hydrogen-bond acceptors (Lipinski definition) is 1. The summed E-state index contributed by atoms with van der Waals surface area (Å²) >= 11 is 0. The predicted octanol–water partition coefficient (Wildman–Crippen LogP) is 6.26. The van der Waals surface area contributed by atoms with Crippen molar-refractivity contribution < 1.29 is 35.6 Å². The zero-order chi connectivity index (χ0) is 17.4. The van der Waals surface area contributed by atoms with E-state index in [1.807, 2.05) is 6.92 Å². The molecule has 0 N–H and O–H groups in total. The van der Waals surface area contributed by atoms with E-state index < -0.39 is 0 Å². The van der Waals surface area contributed by atoms with E-state index in [0.29, 0.717) is 0 Å². The van der Waals surface area contributed by atoms with Gasteiger partial charge in [0.05, 0.1) is 0 Å². The Kier molecular flexibility index (Phi) is 17.6. The molecule has 1 saturated carbocycles. The summed E-state index contributed by atoms with van der Waals surface area (Å²) in [5.74, 6) is 1.06. The van der Waals surface area contributed by atoms with Crippen LogP contribution < -0.4 is 0 Å². The van der Waals surface area contributed by atoms with Gasteiger partial charge >= 0.3 is 0 Å². The van der Waals surface area contributed by atoms with Crippen molar-refractivity contribution in [3.63, 3.8) is 0 Å². The molecule has 0 spiro atoms. The molecule has 1 aliphatic rings. The first-order chi connectivity index (χ1) is 9.89. The zero-order valence-electron chi connectivity index (χ0n) is 18.3. The minimum absolute atomic E-state index is 0. The van der Waals surface area contributed by atoms with E-state index in [1.165, 1.54) is 38.6 Å². The van der Waals surface area contributed by atoms with Crippen LogP contribution in [0.5, 0.6) is 0 Å². The van der Waals surface area contributed by atoms with Gasteiger partial charge in [-0.2, -0.15) is 0 Å². The van der Waals surface area contributed by atoms with Crippen molar-refractivity contribution in [3.05, 3.63) is 18.1 Å². The first-order valence-electron chi connectivity index (χ1n) is 8.98. The summed E-state index contributed by atoms with van der Waals surface area (Å²) in [6, 6.07) is 0. The maximum Gasteiger partial charge on any atom is 0 e. The molecule has 1 radical (unpaired) electrons. The summed E-state index contributed by atoms with van der Waals surface area (Å²) < 4.78 is 0. The van der Waals surface area contributed by atoms with E-state index in [1.54, 1.807) is 0 Å². The van der Waals surface area contributed by atoms with Crippen LogP contribution in [0, 0.1) is 48.9 Å². The van der Waals surface area contributed by atoms with Crippen LogP contribution in [-0.2, 0) is 0 Å². The molecule has 1 aliphatic carbocycles. The maximum atomic E-state index is 4.53. The second-order valence-corrected chi connectivity index (χ2v) is 8.97. The quantitative estimate of drug-likeness (QED) is 0.441. The third-order valence-corrected chi connectivity index (χ3v) is 3.61. The molecular weight excluding hydrogens is 421 g/mol. The molecule has 0 atom stereocenters. The zero-order valence-corrected chi connectivity index (χ0v) is 21.9. The molecule has 24 heavy (non-hydrogen) atoms. The maximum absolute atomic E-state index is 4.53. The predicted molar refractivity (Wildman–Crippen MR) is 107 cm³/mol. The van der Waals surface area contributed by atoms with Gasteiger partial charge in [0.1, 0.15) is 0 Å². The van der Waals surface area contributed by atoms with Gasteiger partial charge in [-0.05, 0) is 33.0 Å². The van der Waals surface area contributed by atoms with Crippen LogP contribution in [0.3, 0.4) is 0 Å². The van der Waals surface area contributed by atoms with E-state index >= 15 is 0 Å².